The van der Waals surface area contributed by atoms with Gasteiger partial charge in [0.1, 0.15) is 18.8 Å². The van der Waals surface area contributed by atoms with Crippen molar-refractivity contribution in [1.29, 1.82) is 0 Å². The van der Waals surface area contributed by atoms with Crippen LogP contribution in [-0.4, -0.2) is 67.7 Å². The van der Waals surface area contributed by atoms with E-state index in [2.05, 4.69) is 11.9 Å². The number of carbonyl (C=O) groups excluding carboxylic acids is 4. The normalized spacial score (nSPS) is 25.5. The molecule has 1 rings (SSSR count). The van der Waals surface area contributed by atoms with Crippen LogP contribution in [0, 0.1) is 10.8 Å². The second-order valence-electron chi connectivity index (χ2n) is 9.93. The van der Waals surface area contributed by atoms with Gasteiger partial charge >= 0.3 is 17.9 Å². The molecule has 1 unspecified atom stereocenters. The Balaban J connectivity index is 3.40. The maximum Gasteiger partial charge on any atom is 0.311 e. The summed E-state index contributed by atoms with van der Waals surface area (Å²) in [4.78, 5) is 48.9. The van der Waals surface area contributed by atoms with E-state index in [4.69, 9.17) is 23.7 Å². The Morgan fingerprint density at radius 1 is 0.939 bits per heavy atom. The van der Waals surface area contributed by atoms with Gasteiger partial charge in [-0.2, -0.15) is 0 Å². The number of hydrogen-bond acceptors (Lipinski definition) is 9. The molecule has 1 N–H and O–H groups in total. The van der Waals surface area contributed by atoms with Crippen molar-refractivity contribution in [3.8, 4) is 0 Å². The zero-order valence-electron chi connectivity index (χ0n) is 20.8. The first-order chi connectivity index (χ1) is 15.1. The van der Waals surface area contributed by atoms with Gasteiger partial charge in [0.05, 0.1) is 17.4 Å². The number of carbonyl (C=O) groups is 4. The van der Waals surface area contributed by atoms with Gasteiger partial charge in [-0.25, -0.2) is 0 Å². The lowest BCUT2D eigenvalue weighted by Crippen LogP contribution is -2.67. The largest absolute Gasteiger partial charge is 0.462 e. The number of amides is 1. The molecule has 0 bridgehead atoms. The molecule has 1 aliphatic heterocycles. The molecule has 1 amide bonds. The Bertz CT molecular complexity index is 735. The Kier molecular flexibility index (Phi) is 10.0. The van der Waals surface area contributed by atoms with Crippen LogP contribution in [0.3, 0.4) is 0 Å². The summed E-state index contributed by atoms with van der Waals surface area (Å²) >= 11 is 0. The lowest BCUT2D eigenvalue weighted by Gasteiger charge is -2.45. The van der Waals surface area contributed by atoms with E-state index in [1.54, 1.807) is 41.5 Å². The molecule has 188 valence electrons. The second kappa shape index (κ2) is 11.6. The van der Waals surface area contributed by atoms with Crippen molar-refractivity contribution in [2.24, 2.45) is 10.8 Å². The van der Waals surface area contributed by atoms with Crippen LogP contribution in [0.25, 0.3) is 0 Å². The van der Waals surface area contributed by atoms with Crippen molar-refractivity contribution < 1.29 is 42.9 Å². The third-order valence-corrected chi connectivity index (χ3v) is 4.54. The third kappa shape index (κ3) is 8.77. The minimum atomic E-state index is -1.19. The molecule has 0 spiro atoms. The van der Waals surface area contributed by atoms with Crippen LogP contribution in [0.2, 0.25) is 0 Å². The predicted molar refractivity (Wildman–Crippen MR) is 118 cm³/mol. The van der Waals surface area contributed by atoms with E-state index in [-0.39, 0.29) is 13.2 Å². The van der Waals surface area contributed by atoms with E-state index in [1.165, 1.54) is 19.9 Å². The molecule has 1 aliphatic rings. The summed E-state index contributed by atoms with van der Waals surface area (Å²) in [5.41, 5.74) is -1.66. The lowest BCUT2D eigenvalue weighted by molar-refractivity contribution is -0.277. The van der Waals surface area contributed by atoms with Gasteiger partial charge in [-0.3, -0.25) is 19.2 Å². The van der Waals surface area contributed by atoms with E-state index >= 15 is 0 Å². The molecule has 1 heterocycles. The first-order valence-electron chi connectivity index (χ1n) is 10.8. The van der Waals surface area contributed by atoms with Crippen LogP contribution in [0.5, 0.6) is 0 Å². The highest BCUT2D eigenvalue weighted by Crippen LogP contribution is 2.30. The standard InChI is InChI=1S/C23H37NO9/c1-10-11-29-19-16(24-13(2)25)18(31-14(3)26)17(33-21(28)23(7,8)9)15(32-19)12-30-20(27)22(4,5)6/h10,15-19H,1,11-12H2,2-9H3,(H,24,25)/t15-,16-,17+,18-,19?/m1/s1. The van der Waals surface area contributed by atoms with Crippen molar-refractivity contribution in [3.63, 3.8) is 0 Å². The van der Waals surface area contributed by atoms with E-state index in [9.17, 15) is 19.2 Å². The maximum atomic E-state index is 12.7. The summed E-state index contributed by atoms with van der Waals surface area (Å²) in [6.07, 6.45) is -3.01. The molecule has 10 heteroatoms. The van der Waals surface area contributed by atoms with Crippen LogP contribution in [0.15, 0.2) is 12.7 Å². The summed E-state index contributed by atoms with van der Waals surface area (Å²) in [5, 5.41) is 2.65. The topological polar surface area (TPSA) is 126 Å². The van der Waals surface area contributed by atoms with Gasteiger partial charge in [0, 0.05) is 13.8 Å². The van der Waals surface area contributed by atoms with Crippen LogP contribution in [0.4, 0.5) is 0 Å². The molecule has 1 saturated heterocycles. The molecule has 33 heavy (non-hydrogen) atoms. The molecule has 0 saturated carbocycles. The van der Waals surface area contributed by atoms with Crippen molar-refractivity contribution in [2.45, 2.75) is 86.0 Å². The van der Waals surface area contributed by atoms with Gasteiger partial charge in [0.2, 0.25) is 5.91 Å². The summed E-state index contributed by atoms with van der Waals surface area (Å²) in [6, 6.07) is -1.00. The van der Waals surface area contributed by atoms with Gasteiger partial charge in [-0.1, -0.05) is 6.08 Å². The SMILES string of the molecule is C=CCOC1O[C@H](COC(=O)C(C)(C)C)[C@H](OC(=O)C(C)(C)C)[C@H](OC(C)=O)[C@H]1NC(C)=O. The highest BCUT2D eigenvalue weighted by atomic mass is 16.7. The number of nitrogens with one attached hydrogen (secondary N) is 1. The van der Waals surface area contributed by atoms with Crippen LogP contribution >= 0.6 is 0 Å². The first kappa shape index (κ1) is 28.6. The molecule has 0 aliphatic carbocycles. The van der Waals surface area contributed by atoms with Crippen molar-refractivity contribution in [2.75, 3.05) is 13.2 Å². The zero-order valence-corrected chi connectivity index (χ0v) is 20.8. The van der Waals surface area contributed by atoms with E-state index in [1.807, 2.05) is 0 Å². The number of esters is 3. The maximum absolute atomic E-state index is 12.7. The fraction of sp³-hybridized carbons (Fsp3) is 0.739. The Morgan fingerprint density at radius 2 is 1.52 bits per heavy atom. The van der Waals surface area contributed by atoms with E-state index in [0.717, 1.165) is 0 Å². The van der Waals surface area contributed by atoms with Crippen molar-refractivity contribution in [1.82, 2.24) is 5.32 Å². The monoisotopic (exact) mass is 471 g/mol. The average molecular weight is 472 g/mol. The second-order valence-corrected chi connectivity index (χ2v) is 9.93. The van der Waals surface area contributed by atoms with Gasteiger partial charge in [-0.05, 0) is 41.5 Å². The summed E-state index contributed by atoms with van der Waals surface area (Å²) in [6.45, 7) is 15.9. The van der Waals surface area contributed by atoms with Gasteiger partial charge in [-0.15, -0.1) is 6.58 Å². The molecule has 0 aromatic heterocycles. The summed E-state index contributed by atoms with van der Waals surface area (Å²) in [5.74, 6) is -2.19. The smallest absolute Gasteiger partial charge is 0.311 e. The zero-order chi connectivity index (χ0) is 25.6. The fourth-order valence-corrected chi connectivity index (χ4v) is 2.88. The third-order valence-electron chi connectivity index (χ3n) is 4.54. The Hall–Kier alpha value is -2.46. The number of ether oxygens (including phenoxy) is 5. The molecule has 1 fully saturated rings. The van der Waals surface area contributed by atoms with Crippen molar-refractivity contribution in [3.05, 3.63) is 12.7 Å². The molecule has 0 aromatic rings. The first-order valence-corrected chi connectivity index (χ1v) is 10.8. The molecular weight excluding hydrogens is 434 g/mol. The minimum absolute atomic E-state index is 0.0640. The van der Waals surface area contributed by atoms with Gasteiger partial charge in [0.15, 0.2) is 18.5 Å². The quantitative estimate of drug-likeness (QED) is 0.321. The summed E-state index contributed by atoms with van der Waals surface area (Å²) in [7, 11) is 0. The molecule has 0 radical (unpaired) electrons. The molecule has 10 nitrogen and oxygen atoms in total. The van der Waals surface area contributed by atoms with Crippen molar-refractivity contribution >= 4 is 23.8 Å². The minimum Gasteiger partial charge on any atom is -0.462 e. The lowest BCUT2D eigenvalue weighted by atomic mass is 9.93. The van der Waals surface area contributed by atoms with Crippen LogP contribution in [0.1, 0.15) is 55.4 Å². The molecule has 5 atom stereocenters. The Labute approximate surface area is 195 Å². The number of rotatable bonds is 8. The average Bonchev–Trinajstić information content (AvgIpc) is 2.66. The highest BCUT2D eigenvalue weighted by molar-refractivity contribution is 5.76. The van der Waals surface area contributed by atoms with Crippen LogP contribution < -0.4 is 5.32 Å². The fourth-order valence-electron chi connectivity index (χ4n) is 2.88. The van der Waals surface area contributed by atoms with E-state index in [0.29, 0.717) is 0 Å². The van der Waals surface area contributed by atoms with Gasteiger partial charge in [0.25, 0.3) is 0 Å². The summed E-state index contributed by atoms with van der Waals surface area (Å²) < 4.78 is 28.2. The predicted octanol–water partition coefficient (Wildman–Crippen LogP) is 1.90. The van der Waals surface area contributed by atoms with Gasteiger partial charge < -0.3 is 29.0 Å². The number of hydrogen-bond donors (Lipinski definition) is 1. The van der Waals surface area contributed by atoms with Crippen LogP contribution in [-0.2, 0) is 42.9 Å². The Morgan fingerprint density at radius 3 is 1.97 bits per heavy atom. The highest BCUT2D eigenvalue weighted by Gasteiger charge is 2.52. The molecular formula is C23H37NO9. The molecule has 0 aromatic carbocycles. The van der Waals surface area contributed by atoms with E-state index < -0.39 is 65.3 Å².